The fraction of sp³-hybridized carbons (Fsp3) is 0.200. The lowest BCUT2D eigenvalue weighted by atomic mass is 10.2. The lowest BCUT2D eigenvalue weighted by Crippen LogP contribution is -1.97. The molecule has 4 rings (SSSR count). The van der Waals surface area contributed by atoms with Gasteiger partial charge in [0.15, 0.2) is 11.5 Å². The maximum atomic E-state index is 4.74. The van der Waals surface area contributed by atoms with Gasteiger partial charge in [0.05, 0.1) is 5.39 Å². The monoisotopic (exact) mass is 295 g/mol. The Hall–Kier alpha value is -2.34. The fourth-order valence-electron chi connectivity index (χ4n) is 2.47. The van der Waals surface area contributed by atoms with Gasteiger partial charge in [0.1, 0.15) is 10.7 Å². The first-order chi connectivity index (χ1) is 10.1. The zero-order valence-electron chi connectivity index (χ0n) is 12.0. The van der Waals surface area contributed by atoms with E-state index in [1.807, 2.05) is 23.6 Å². The molecule has 5 nitrogen and oxygen atoms in total. The van der Waals surface area contributed by atoms with Crippen molar-refractivity contribution in [3.63, 3.8) is 0 Å². The first kappa shape index (κ1) is 12.4. The molecule has 0 saturated carbocycles. The summed E-state index contributed by atoms with van der Waals surface area (Å²) in [7, 11) is 0. The Morgan fingerprint density at radius 1 is 1.05 bits per heavy atom. The van der Waals surface area contributed by atoms with Crippen LogP contribution in [0.1, 0.15) is 16.3 Å². The Bertz CT molecular complexity index is 968. The molecule has 104 valence electrons. The van der Waals surface area contributed by atoms with Gasteiger partial charge >= 0.3 is 0 Å². The maximum Gasteiger partial charge on any atom is 0.182 e. The molecule has 21 heavy (non-hydrogen) atoms. The summed E-state index contributed by atoms with van der Waals surface area (Å²) in [5.74, 6) is 1.56. The Morgan fingerprint density at radius 2 is 1.81 bits per heavy atom. The molecule has 0 radical (unpaired) electrons. The second-order valence-electron chi connectivity index (χ2n) is 5.03. The quantitative estimate of drug-likeness (QED) is 0.540. The van der Waals surface area contributed by atoms with Crippen molar-refractivity contribution in [3.05, 3.63) is 40.8 Å². The van der Waals surface area contributed by atoms with Crippen LogP contribution in [0.4, 0.5) is 0 Å². The number of fused-ring (bicyclic) bond motifs is 3. The number of nitrogens with zero attached hydrogens (tertiary/aromatic N) is 5. The fourth-order valence-corrected chi connectivity index (χ4v) is 3.54. The molecule has 4 aromatic heterocycles. The van der Waals surface area contributed by atoms with Crippen LogP contribution < -0.4 is 0 Å². The van der Waals surface area contributed by atoms with Crippen LogP contribution >= 0.6 is 11.3 Å². The molecule has 0 aromatic carbocycles. The molecule has 0 fully saturated rings. The second-order valence-corrected chi connectivity index (χ2v) is 6.23. The molecule has 0 aliphatic heterocycles. The predicted molar refractivity (Wildman–Crippen MR) is 83.6 cm³/mol. The Morgan fingerprint density at radius 3 is 2.57 bits per heavy atom. The Kier molecular flexibility index (Phi) is 2.56. The highest BCUT2D eigenvalue weighted by molar-refractivity contribution is 7.18. The number of thiophene rings is 1. The summed E-state index contributed by atoms with van der Waals surface area (Å²) in [4.78, 5) is 15.7. The number of pyridine rings is 1. The van der Waals surface area contributed by atoms with Gasteiger partial charge in [0.25, 0.3) is 0 Å². The lowest BCUT2D eigenvalue weighted by Gasteiger charge is -1.98. The van der Waals surface area contributed by atoms with E-state index in [9.17, 15) is 0 Å². The lowest BCUT2D eigenvalue weighted by molar-refractivity contribution is 0.881. The smallest absolute Gasteiger partial charge is 0.182 e. The van der Waals surface area contributed by atoms with Crippen molar-refractivity contribution in [2.24, 2.45) is 0 Å². The molecule has 4 heterocycles. The van der Waals surface area contributed by atoms with Gasteiger partial charge < -0.3 is 0 Å². The summed E-state index contributed by atoms with van der Waals surface area (Å²) < 4.78 is 1.83. The summed E-state index contributed by atoms with van der Waals surface area (Å²) in [6.07, 6.45) is 3.50. The molecule has 4 aromatic rings. The molecule has 0 aliphatic carbocycles. The third-order valence-corrected chi connectivity index (χ3v) is 4.81. The highest BCUT2D eigenvalue weighted by atomic mass is 32.1. The summed E-state index contributed by atoms with van der Waals surface area (Å²) in [6, 6.07) is 3.83. The van der Waals surface area contributed by atoms with Crippen molar-refractivity contribution in [1.82, 2.24) is 24.6 Å². The summed E-state index contributed by atoms with van der Waals surface area (Å²) in [6.45, 7) is 6.20. The number of rotatable bonds is 1. The summed E-state index contributed by atoms with van der Waals surface area (Å²) >= 11 is 1.71. The highest BCUT2D eigenvalue weighted by Gasteiger charge is 2.16. The van der Waals surface area contributed by atoms with E-state index >= 15 is 0 Å². The number of aromatic nitrogens is 5. The van der Waals surface area contributed by atoms with Gasteiger partial charge in [-0.15, -0.1) is 16.4 Å². The molecule has 6 heteroatoms. The van der Waals surface area contributed by atoms with Crippen LogP contribution in [-0.4, -0.2) is 24.6 Å². The largest absolute Gasteiger partial charge is 0.265 e. The molecule has 0 atom stereocenters. The second kappa shape index (κ2) is 4.33. The van der Waals surface area contributed by atoms with Gasteiger partial charge in [-0.25, -0.2) is 9.97 Å². The maximum absolute atomic E-state index is 4.74. The van der Waals surface area contributed by atoms with E-state index in [2.05, 4.69) is 28.9 Å². The van der Waals surface area contributed by atoms with E-state index in [1.54, 1.807) is 23.7 Å². The van der Waals surface area contributed by atoms with E-state index in [4.69, 9.17) is 4.98 Å². The molecule has 0 aliphatic rings. The van der Waals surface area contributed by atoms with Gasteiger partial charge in [0.2, 0.25) is 0 Å². The summed E-state index contributed by atoms with van der Waals surface area (Å²) in [5.41, 5.74) is 3.08. The molecule has 0 spiro atoms. The minimum absolute atomic E-state index is 0.707. The zero-order chi connectivity index (χ0) is 14.6. The minimum atomic E-state index is 0.707. The molecular formula is C15H13N5S. The SMILES string of the molecule is Cc1sc2nc(C)n3nc(-c4ccncc4)nc3c2c1C. The third kappa shape index (κ3) is 1.76. The van der Waals surface area contributed by atoms with Crippen LogP contribution in [0, 0.1) is 20.8 Å². The average Bonchev–Trinajstić information content (AvgIpc) is 3.03. The van der Waals surface area contributed by atoms with Crippen molar-refractivity contribution < 1.29 is 0 Å². The minimum Gasteiger partial charge on any atom is -0.265 e. The molecule has 0 unspecified atom stereocenters. The van der Waals surface area contributed by atoms with Gasteiger partial charge in [-0.3, -0.25) is 4.98 Å². The summed E-state index contributed by atoms with van der Waals surface area (Å²) in [5, 5.41) is 5.71. The van der Waals surface area contributed by atoms with Crippen molar-refractivity contribution in [2.45, 2.75) is 20.8 Å². The third-order valence-electron chi connectivity index (χ3n) is 3.71. The highest BCUT2D eigenvalue weighted by Crippen LogP contribution is 2.32. The van der Waals surface area contributed by atoms with Crippen molar-refractivity contribution in [2.75, 3.05) is 0 Å². The number of aryl methyl sites for hydroxylation is 3. The van der Waals surface area contributed by atoms with E-state index in [0.717, 1.165) is 27.3 Å². The van der Waals surface area contributed by atoms with E-state index < -0.39 is 0 Å². The van der Waals surface area contributed by atoms with Crippen molar-refractivity contribution in [3.8, 4) is 11.4 Å². The van der Waals surface area contributed by atoms with Gasteiger partial charge in [-0.1, -0.05) is 0 Å². The molecule has 0 bridgehead atoms. The van der Waals surface area contributed by atoms with Crippen molar-refractivity contribution >= 4 is 27.2 Å². The van der Waals surface area contributed by atoms with Gasteiger partial charge in [-0.05, 0) is 38.5 Å². The number of hydrogen-bond donors (Lipinski definition) is 0. The first-order valence-corrected chi connectivity index (χ1v) is 7.50. The van der Waals surface area contributed by atoms with Crippen LogP contribution in [0.5, 0.6) is 0 Å². The zero-order valence-corrected chi connectivity index (χ0v) is 12.8. The standard InChI is InChI=1S/C15H13N5S/c1-8-9(2)21-15-12(8)14-18-13(11-4-6-16-7-5-11)19-20(14)10(3)17-15/h4-7H,1-3H3. The predicted octanol–water partition coefficient (Wildman–Crippen LogP) is 3.33. The van der Waals surface area contributed by atoms with Gasteiger partial charge in [-0.2, -0.15) is 4.52 Å². The van der Waals surface area contributed by atoms with Crippen LogP contribution in [0.15, 0.2) is 24.5 Å². The van der Waals surface area contributed by atoms with E-state index in [0.29, 0.717) is 5.82 Å². The Labute approximate surface area is 125 Å². The van der Waals surface area contributed by atoms with Crippen LogP contribution in [0.25, 0.3) is 27.3 Å². The first-order valence-electron chi connectivity index (χ1n) is 6.68. The Balaban J connectivity index is 2.11. The normalized spacial score (nSPS) is 11.6. The number of hydrogen-bond acceptors (Lipinski definition) is 5. The molecule has 0 N–H and O–H groups in total. The molecule has 0 saturated heterocycles. The van der Waals surface area contributed by atoms with Crippen molar-refractivity contribution in [1.29, 1.82) is 0 Å². The molecule has 0 amide bonds. The van der Waals surface area contributed by atoms with Crippen LogP contribution in [-0.2, 0) is 0 Å². The average molecular weight is 295 g/mol. The molecular weight excluding hydrogens is 282 g/mol. The topological polar surface area (TPSA) is 56.0 Å². The van der Waals surface area contributed by atoms with E-state index in [-0.39, 0.29) is 0 Å². The van der Waals surface area contributed by atoms with Crippen LogP contribution in [0.3, 0.4) is 0 Å². The van der Waals surface area contributed by atoms with E-state index in [1.165, 1.54) is 10.4 Å². The van der Waals surface area contributed by atoms with Crippen LogP contribution in [0.2, 0.25) is 0 Å². The van der Waals surface area contributed by atoms with Gasteiger partial charge in [0, 0.05) is 22.8 Å².